The van der Waals surface area contributed by atoms with Crippen LogP contribution in [0.2, 0.25) is 0 Å². The standard InChI is InChI=1S/C22H27NO5/c1-5-6-17-12-22(21(11-19(17)25)27-13-28-22)14(2)9-16-7-8-20(26-4)18(10-16)23-15(3)24/h5,7-8,10-11,14,17H,1,6,9,12-13H2,2-4H3,(H,23,24)/t14-,17-,22+/m0/s1. The molecule has 150 valence electrons. The van der Waals surface area contributed by atoms with Crippen LogP contribution in [0.5, 0.6) is 5.75 Å². The summed E-state index contributed by atoms with van der Waals surface area (Å²) in [5, 5.41) is 2.80. The monoisotopic (exact) mass is 385 g/mol. The van der Waals surface area contributed by atoms with Crippen LogP contribution < -0.4 is 10.1 Å². The van der Waals surface area contributed by atoms with Crippen molar-refractivity contribution in [1.29, 1.82) is 0 Å². The van der Waals surface area contributed by atoms with E-state index in [9.17, 15) is 9.59 Å². The van der Waals surface area contributed by atoms with Crippen LogP contribution in [0.1, 0.15) is 32.3 Å². The molecule has 1 aromatic rings. The molecule has 6 nitrogen and oxygen atoms in total. The molecule has 1 aliphatic carbocycles. The van der Waals surface area contributed by atoms with Crippen LogP contribution in [0.3, 0.4) is 0 Å². The summed E-state index contributed by atoms with van der Waals surface area (Å²) >= 11 is 0. The Bertz CT molecular complexity index is 815. The van der Waals surface area contributed by atoms with Crippen molar-refractivity contribution in [2.75, 3.05) is 19.2 Å². The van der Waals surface area contributed by atoms with Crippen LogP contribution in [0.4, 0.5) is 5.69 Å². The number of methoxy groups -OCH3 is 1. The lowest BCUT2D eigenvalue weighted by Gasteiger charge is -2.38. The molecule has 0 bridgehead atoms. The second-order valence-corrected chi connectivity index (χ2v) is 7.45. The molecule has 0 spiro atoms. The molecule has 0 aromatic heterocycles. The lowest BCUT2D eigenvalue weighted by atomic mass is 9.71. The van der Waals surface area contributed by atoms with Crippen molar-refractivity contribution in [3.63, 3.8) is 0 Å². The summed E-state index contributed by atoms with van der Waals surface area (Å²) in [5.41, 5.74) is 1.06. The first-order valence-electron chi connectivity index (χ1n) is 9.47. The lowest BCUT2D eigenvalue weighted by molar-refractivity contribution is -0.123. The molecule has 1 N–H and O–H groups in total. The van der Waals surface area contributed by atoms with Gasteiger partial charge in [-0.25, -0.2) is 0 Å². The van der Waals surface area contributed by atoms with E-state index in [0.717, 1.165) is 5.56 Å². The second-order valence-electron chi connectivity index (χ2n) is 7.45. The SMILES string of the molecule is C=CC[C@H]1C[C@]2([C@@H](C)Cc3ccc(OC)c(NC(C)=O)c3)OCOC2=CC1=O. The zero-order valence-corrected chi connectivity index (χ0v) is 16.6. The third-order valence-corrected chi connectivity index (χ3v) is 5.54. The van der Waals surface area contributed by atoms with Crippen molar-refractivity contribution < 1.29 is 23.8 Å². The Morgan fingerprint density at radius 2 is 2.29 bits per heavy atom. The Hall–Kier alpha value is -2.60. The van der Waals surface area contributed by atoms with Gasteiger partial charge in [-0.1, -0.05) is 19.1 Å². The van der Waals surface area contributed by atoms with E-state index in [1.807, 2.05) is 18.2 Å². The average molecular weight is 385 g/mol. The minimum absolute atomic E-state index is 0.0697. The van der Waals surface area contributed by atoms with Crippen molar-refractivity contribution in [2.24, 2.45) is 11.8 Å². The van der Waals surface area contributed by atoms with E-state index < -0.39 is 5.60 Å². The summed E-state index contributed by atoms with van der Waals surface area (Å²) < 4.78 is 17.0. The molecule has 1 amide bonds. The van der Waals surface area contributed by atoms with Crippen molar-refractivity contribution in [3.05, 3.63) is 48.3 Å². The fourth-order valence-corrected chi connectivity index (χ4v) is 4.10. The molecule has 3 rings (SSSR count). The molecule has 1 aliphatic heterocycles. The maximum absolute atomic E-state index is 12.4. The number of hydrogen-bond acceptors (Lipinski definition) is 5. The van der Waals surface area contributed by atoms with Gasteiger partial charge in [0.05, 0.1) is 12.8 Å². The maximum Gasteiger partial charge on any atom is 0.221 e. The molecule has 1 heterocycles. The van der Waals surface area contributed by atoms with Crippen molar-refractivity contribution >= 4 is 17.4 Å². The fraction of sp³-hybridized carbons (Fsp3) is 0.455. The molecule has 1 fully saturated rings. The molecule has 0 radical (unpaired) electrons. The molecule has 2 aliphatic rings. The number of benzene rings is 1. The summed E-state index contributed by atoms with van der Waals surface area (Å²) in [6, 6.07) is 5.74. The van der Waals surface area contributed by atoms with Gasteiger partial charge in [-0.3, -0.25) is 9.59 Å². The van der Waals surface area contributed by atoms with Gasteiger partial charge in [0, 0.05) is 18.9 Å². The van der Waals surface area contributed by atoms with Gasteiger partial charge in [-0.05, 0) is 42.9 Å². The summed E-state index contributed by atoms with van der Waals surface area (Å²) in [4.78, 5) is 23.8. The van der Waals surface area contributed by atoms with Crippen molar-refractivity contribution in [2.45, 2.75) is 38.7 Å². The van der Waals surface area contributed by atoms with E-state index in [-0.39, 0.29) is 30.3 Å². The van der Waals surface area contributed by atoms with E-state index in [4.69, 9.17) is 14.2 Å². The highest BCUT2D eigenvalue weighted by molar-refractivity contribution is 5.94. The van der Waals surface area contributed by atoms with E-state index in [2.05, 4.69) is 18.8 Å². The minimum atomic E-state index is -0.615. The molecule has 6 heteroatoms. The number of carbonyl (C=O) groups is 2. The van der Waals surface area contributed by atoms with Crippen LogP contribution in [-0.2, 0) is 25.5 Å². The van der Waals surface area contributed by atoms with Gasteiger partial charge < -0.3 is 19.5 Å². The number of hydrogen-bond donors (Lipinski definition) is 1. The first kappa shape index (κ1) is 20.1. The zero-order chi connectivity index (χ0) is 20.3. The van der Waals surface area contributed by atoms with Gasteiger partial charge in [0.15, 0.2) is 12.6 Å². The third kappa shape index (κ3) is 3.83. The number of allylic oxidation sites excluding steroid dienone is 2. The van der Waals surface area contributed by atoms with Crippen molar-refractivity contribution in [3.8, 4) is 5.75 Å². The predicted octanol–water partition coefficient (Wildman–Crippen LogP) is 3.62. The Balaban J connectivity index is 1.86. The number of fused-ring (bicyclic) bond motifs is 1. The van der Waals surface area contributed by atoms with Gasteiger partial charge in [-0.2, -0.15) is 0 Å². The molecule has 0 unspecified atom stereocenters. The number of carbonyl (C=O) groups excluding carboxylic acids is 2. The Labute approximate surface area is 165 Å². The van der Waals surface area contributed by atoms with Gasteiger partial charge in [0.25, 0.3) is 0 Å². The van der Waals surface area contributed by atoms with E-state index in [1.165, 1.54) is 6.92 Å². The summed E-state index contributed by atoms with van der Waals surface area (Å²) in [6.45, 7) is 7.49. The minimum Gasteiger partial charge on any atom is -0.495 e. The van der Waals surface area contributed by atoms with Crippen LogP contribution in [0.15, 0.2) is 42.7 Å². The number of ether oxygens (including phenoxy) is 3. The normalized spacial score (nSPS) is 24.6. The molecule has 28 heavy (non-hydrogen) atoms. The molecule has 0 saturated carbocycles. The number of nitrogens with one attached hydrogen (secondary N) is 1. The highest BCUT2D eigenvalue weighted by Crippen LogP contribution is 2.46. The van der Waals surface area contributed by atoms with Gasteiger partial charge in [0.1, 0.15) is 17.1 Å². The lowest BCUT2D eigenvalue weighted by Crippen LogP contribution is -2.44. The van der Waals surface area contributed by atoms with Crippen LogP contribution in [0, 0.1) is 11.8 Å². The highest BCUT2D eigenvalue weighted by atomic mass is 16.7. The number of anilines is 1. The van der Waals surface area contributed by atoms with Gasteiger partial charge in [0.2, 0.25) is 5.91 Å². The van der Waals surface area contributed by atoms with Crippen LogP contribution in [0.25, 0.3) is 0 Å². The topological polar surface area (TPSA) is 73.9 Å². The predicted molar refractivity (Wildman–Crippen MR) is 106 cm³/mol. The Kier molecular flexibility index (Phi) is 5.89. The zero-order valence-electron chi connectivity index (χ0n) is 16.6. The number of rotatable bonds is 7. The van der Waals surface area contributed by atoms with E-state index in [1.54, 1.807) is 19.3 Å². The van der Waals surface area contributed by atoms with E-state index in [0.29, 0.717) is 36.5 Å². The largest absolute Gasteiger partial charge is 0.495 e. The second kappa shape index (κ2) is 8.19. The Morgan fingerprint density at radius 3 is 2.96 bits per heavy atom. The quantitative estimate of drug-likeness (QED) is 0.726. The average Bonchev–Trinajstić information content (AvgIpc) is 3.06. The summed E-state index contributed by atoms with van der Waals surface area (Å²) in [6.07, 6.45) is 5.28. The highest BCUT2D eigenvalue weighted by Gasteiger charge is 2.51. The molecular formula is C22H27NO5. The first-order valence-corrected chi connectivity index (χ1v) is 9.47. The summed E-state index contributed by atoms with van der Waals surface area (Å²) in [5.74, 6) is 1.08. The van der Waals surface area contributed by atoms with Crippen LogP contribution in [-0.4, -0.2) is 31.2 Å². The molecule has 3 atom stereocenters. The van der Waals surface area contributed by atoms with Crippen LogP contribution >= 0.6 is 0 Å². The molecule has 1 aromatic carbocycles. The first-order chi connectivity index (χ1) is 13.4. The fourth-order valence-electron chi connectivity index (χ4n) is 4.10. The number of ketones is 1. The molecular weight excluding hydrogens is 358 g/mol. The Morgan fingerprint density at radius 1 is 1.50 bits per heavy atom. The smallest absolute Gasteiger partial charge is 0.221 e. The van der Waals surface area contributed by atoms with E-state index >= 15 is 0 Å². The number of amides is 1. The maximum atomic E-state index is 12.4. The third-order valence-electron chi connectivity index (χ3n) is 5.54. The van der Waals surface area contributed by atoms with Gasteiger partial charge >= 0.3 is 0 Å². The summed E-state index contributed by atoms with van der Waals surface area (Å²) in [7, 11) is 1.57. The van der Waals surface area contributed by atoms with Crippen molar-refractivity contribution in [1.82, 2.24) is 0 Å². The molecule has 1 saturated heterocycles. The van der Waals surface area contributed by atoms with Gasteiger partial charge in [-0.15, -0.1) is 6.58 Å².